The van der Waals surface area contributed by atoms with E-state index in [1.165, 1.54) is 31.2 Å². The second-order valence-corrected chi connectivity index (χ2v) is 7.71. The molecular formula is C22H28O3. The molecule has 0 spiro atoms. The molecule has 0 aliphatic heterocycles. The molecule has 4 rings (SSSR count). The minimum absolute atomic E-state index is 0.413. The summed E-state index contributed by atoms with van der Waals surface area (Å²) in [5.41, 5.74) is 2.49. The number of hydrogen-bond acceptors (Lipinski definition) is 3. The number of rotatable bonds is 3. The highest BCUT2D eigenvalue weighted by atomic mass is 16.5. The Kier molecular flexibility index (Phi) is 4.49. The van der Waals surface area contributed by atoms with E-state index in [0.29, 0.717) is 29.4 Å². The van der Waals surface area contributed by atoms with Gasteiger partial charge in [0.05, 0.1) is 14.2 Å². The van der Waals surface area contributed by atoms with Crippen molar-refractivity contribution in [2.24, 2.45) is 17.8 Å². The van der Waals surface area contributed by atoms with Crippen LogP contribution in [-0.2, 0) is 11.2 Å². The summed E-state index contributed by atoms with van der Waals surface area (Å²) in [6, 6.07) is 3.95. The number of ether oxygens (including phenoxy) is 2. The number of benzene rings is 1. The van der Waals surface area contributed by atoms with Crippen molar-refractivity contribution >= 4 is 0 Å². The van der Waals surface area contributed by atoms with Gasteiger partial charge in [-0.25, -0.2) is 0 Å². The molecule has 0 radical (unpaired) electrons. The fourth-order valence-corrected chi connectivity index (χ4v) is 5.32. The first-order valence-corrected chi connectivity index (χ1v) is 9.53. The molecular weight excluding hydrogens is 312 g/mol. The van der Waals surface area contributed by atoms with E-state index in [0.717, 1.165) is 29.9 Å². The third kappa shape index (κ3) is 2.94. The predicted molar refractivity (Wildman–Crippen MR) is 98.9 cm³/mol. The molecule has 1 aromatic carbocycles. The SMILES string of the molecule is COC1=CCC([C@@H]2Cc3c(O)cc(OC)cc3[C@@H]3CCCC[C@@H]32)C=C1. The van der Waals surface area contributed by atoms with Crippen molar-refractivity contribution in [1.82, 2.24) is 0 Å². The first-order chi connectivity index (χ1) is 12.2. The summed E-state index contributed by atoms with van der Waals surface area (Å²) in [6.45, 7) is 0. The molecule has 1 N–H and O–H groups in total. The monoisotopic (exact) mass is 340 g/mol. The number of methoxy groups -OCH3 is 2. The molecule has 25 heavy (non-hydrogen) atoms. The minimum atomic E-state index is 0.413. The van der Waals surface area contributed by atoms with E-state index < -0.39 is 0 Å². The number of phenolic OH excluding ortho intramolecular Hbond substituents is 1. The smallest absolute Gasteiger partial charge is 0.122 e. The molecule has 0 bridgehead atoms. The van der Waals surface area contributed by atoms with Crippen LogP contribution in [0.15, 0.2) is 36.1 Å². The van der Waals surface area contributed by atoms with E-state index in [4.69, 9.17) is 9.47 Å². The predicted octanol–water partition coefficient (Wildman–Crippen LogP) is 4.95. The molecule has 0 aromatic heterocycles. The zero-order chi connectivity index (χ0) is 17.4. The highest BCUT2D eigenvalue weighted by Crippen LogP contribution is 2.53. The van der Waals surface area contributed by atoms with Gasteiger partial charge in [-0.3, -0.25) is 0 Å². The summed E-state index contributed by atoms with van der Waals surface area (Å²) in [5.74, 6) is 4.58. The molecule has 3 aliphatic rings. The van der Waals surface area contributed by atoms with Crippen molar-refractivity contribution in [3.63, 3.8) is 0 Å². The van der Waals surface area contributed by atoms with Crippen LogP contribution in [0.2, 0.25) is 0 Å². The quantitative estimate of drug-likeness (QED) is 0.846. The van der Waals surface area contributed by atoms with Crippen molar-refractivity contribution in [2.45, 2.75) is 44.4 Å². The van der Waals surface area contributed by atoms with Crippen LogP contribution in [0.25, 0.3) is 0 Å². The van der Waals surface area contributed by atoms with Gasteiger partial charge in [0.25, 0.3) is 0 Å². The van der Waals surface area contributed by atoms with Gasteiger partial charge in [-0.05, 0) is 78.7 Å². The molecule has 1 aromatic rings. The Morgan fingerprint density at radius 1 is 1.04 bits per heavy atom. The Hall–Kier alpha value is -1.90. The van der Waals surface area contributed by atoms with Gasteiger partial charge in [0.1, 0.15) is 17.3 Å². The fraction of sp³-hybridized carbons (Fsp3) is 0.545. The number of phenols is 1. The third-order valence-corrected chi connectivity index (χ3v) is 6.56. The highest BCUT2D eigenvalue weighted by Gasteiger charge is 2.42. The van der Waals surface area contributed by atoms with Crippen LogP contribution in [0, 0.1) is 17.8 Å². The Bertz CT molecular complexity index is 703. The van der Waals surface area contributed by atoms with Gasteiger partial charge < -0.3 is 14.6 Å². The van der Waals surface area contributed by atoms with Crippen LogP contribution in [0.3, 0.4) is 0 Å². The standard InChI is InChI=1S/C22H28O3/c1-24-15-9-7-14(8-10-15)19-13-21-20(11-16(25-2)12-22(21)23)18-6-4-3-5-17(18)19/h7,9-12,14,17-19,23H,3-6,8,13H2,1-2H3/t14?,17-,18+,19-/m0/s1. The second kappa shape index (κ2) is 6.78. The topological polar surface area (TPSA) is 38.7 Å². The van der Waals surface area contributed by atoms with Gasteiger partial charge in [-0.2, -0.15) is 0 Å². The van der Waals surface area contributed by atoms with Crippen LogP contribution >= 0.6 is 0 Å². The molecule has 1 fully saturated rings. The zero-order valence-electron chi connectivity index (χ0n) is 15.2. The fourth-order valence-electron chi connectivity index (χ4n) is 5.32. The number of aromatic hydroxyl groups is 1. The molecule has 3 aliphatic carbocycles. The second-order valence-electron chi connectivity index (χ2n) is 7.71. The van der Waals surface area contributed by atoms with Crippen molar-refractivity contribution in [3.8, 4) is 11.5 Å². The van der Waals surface area contributed by atoms with E-state index in [1.807, 2.05) is 0 Å². The lowest BCUT2D eigenvalue weighted by Gasteiger charge is -2.45. The number of allylic oxidation sites excluding steroid dienone is 3. The van der Waals surface area contributed by atoms with Crippen molar-refractivity contribution < 1.29 is 14.6 Å². The van der Waals surface area contributed by atoms with Gasteiger partial charge in [0, 0.05) is 6.07 Å². The highest BCUT2D eigenvalue weighted by molar-refractivity contribution is 5.49. The molecule has 0 heterocycles. The van der Waals surface area contributed by atoms with Crippen molar-refractivity contribution in [2.75, 3.05) is 14.2 Å². The maximum absolute atomic E-state index is 10.6. The molecule has 1 saturated carbocycles. The van der Waals surface area contributed by atoms with Crippen LogP contribution in [0.1, 0.15) is 49.1 Å². The summed E-state index contributed by atoms with van der Waals surface area (Å²) in [6.07, 6.45) is 13.8. The van der Waals surface area contributed by atoms with E-state index in [1.54, 1.807) is 20.3 Å². The van der Waals surface area contributed by atoms with Gasteiger partial charge in [-0.15, -0.1) is 0 Å². The molecule has 0 saturated heterocycles. The summed E-state index contributed by atoms with van der Waals surface area (Å²) in [4.78, 5) is 0. The number of hydrogen-bond donors (Lipinski definition) is 1. The first kappa shape index (κ1) is 16.6. The Labute approximate surface area is 150 Å². The summed E-state index contributed by atoms with van der Waals surface area (Å²) < 4.78 is 10.8. The maximum Gasteiger partial charge on any atom is 0.122 e. The molecule has 0 amide bonds. The molecule has 3 nitrogen and oxygen atoms in total. The van der Waals surface area contributed by atoms with Crippen molar-refractivity contribution in [3.05, 3.63) is 47.2 Å². The Morgan fingerprint density at radius 3 is 2.60 bits per heavy atom. The van der Waals surface area contributed by atoms with E-state index in [2.05, 4.69) is 24.3 Å². The van der Waals surface area contributed by atoms with E-state index in [9.17, 15) is 5.11 Å². The van der Waals surface area contributed by atoms with Crippen LogP contribution in [0.5, 0.6) is 11.5 Å². The molecule has 3 heteroatoms. The summed E-state index contributed by atoms with van der Waals surface area (Å²) in [7, 11) is 3.41. The third-order valence-electron chi connectivity index (χ3n) is 6.56. The van der Waals surface area contributed by atoms with E-state index >= 15 is 0 Å². The molecule has 4 atom stereocenters. The lowest BCUT2D eigenvalue weighted by Crippen LogP contribution is -2.36. The first-order valence-electron chi connectivity index (χ1n) is 9.53. The normalized spacial score (nSPS) is 30.9. The van der Waals surface area contributed by atoms with Gasteiger partial charge >= 0.3 is 0 Å². The van der Waals surface area contributed by atoms with Crippen LogP contribution in [0.4, 0.5) is 0 Å². The lowest BCUT2D eigenvalue weighted by atomic mass is 9.59. The Morgan fingerprint density at radius 2 is 1.88 bits per heavy atom. The maximum atomic E-state index is 10.6. The Balaban J connectivity index is 1.69. The number of fused-ring (bicyclic) bond motifs is 3. The van der Waals surface area contributed by atoms with E-state index in [-0.39, 0.29) is 0 Å². The van der Waals surface area contributed by atoms with Gasteiger partial charge in [0.2, 0.25) is 0 Å². The summed E-state index contributed by atoms with van der Waals surface area (Å²) in [5, 5.41) is 10.6. The average molecular weight is 340 g/mol. The zero-order valence-corrected chi connectivity index (χ0v) is 15.2. The van der Waals surface area contributed by atoms with Gasteiger partial charge in [0.15, 0.2) is 0 Å². The van der Waals surface area contributed by atoms with Crippen LogP contribution in [-0.4, -0.2) is 19.3 Å². The molecule has 1 unspecified atom stereocenters. The molecule has 134 valence electrons. The minimum Gasteiger partial charge on any atom is -0.508 e. The summed E-state index contributed by atoms with van der Waals surface area (Å²) >= 11 is 0. The average Bonchev–Trinajstić information content (AvgIpc) is 2.67. The van der Waals surface area contributed by atoms with Crippen LogP contribution < -0.4 is 4.74 Å². The lowest BCUT2D eigenvalue weighted by molar-refractivity contribution is 0.153. The largest absolute Gasteiger partial charge is 0.508 e. The van der Waals surface area contributed by atoms with Gasteiger partial charge in [-0.1, -0.05) is 18.9 Å². The van der Waals surface area contributed by atoms with Crippen molar-refractivity contribution in [1.29, 1.82) is 0 Å².